The van der Waals surface area contributed by atoms with Crippen molar-refractivity contribution in [1.29, 1.82) is 0 Å². The summed E-state index contributed by atoms with van der Waals surface area (Å²) in [5.74, 6) is -0.407. The molecule has 0 fully saturated rings. The number of hydrogen-bond donors (Lipinski definition) is 1. The summed E-state index contributed by atoms with van der Waals surface area (Å²) in [5.41, 5.74) is 4.94. The molecular formula is C22H32N4O4. The Kier molecular flexibility index (Phi) is 7.79. The van der Waals surface area contributed by atoms with Gasteiger partial charge < -0.3 is 14.8 Å². The van der Waals surface area contributed by atoms with Crippen molar-refractivity contribution in [1.82, 2.24) is 15.1 Å². The highest BCUT2D eigenvalue weighted by Crippen LogP contribution is 2.20. The third-order valence-electron chi connectivity index (χ3n) is 5.48. The van der Waals surface area contributed by atoms with Gasteiger partial charge in [0.2, 0.25) is 0 Å². The van der Waals surface area contributed by atoms with E-state index < -0.39 is 0 Å². The molecule has 8 heteroatoms. The molecule has 2 aliphatic rings. The lowest BCUT2D eigenvalue weighted by molar-refractivity contribution is -0.135. The molecule has 2 aliphatic heterocycles. The van der Waals surface area contributed by atoms with E-state index in [4.69, 9.17) is 9.47 Å². The van der Waals surface area contributed by atoms with E-state index in [0.29, 0.717) is 63.4 Å². The number of rotatable bonds is 6. The van der Waals surface area contributed by atoms with Crippen molar-refractivity contribution in [3.63, 3.8) is 0 Å². The van der Waals surface area contributed by atoms with Crippen LogP contribution in [-0.2, 0) is 33.7 Å². The highest BCUT2D eigenvalue weighted by molar-refractivity contribution is 6.37. The summed E-state index contributed by atoms with van der Waals surface area (Å²) in [6, 6.07) is 0. The number of carbonyl (C=O) groups excluding carboxylic acids is 2. The van der Waals surface area contributed by atoms with Crippen molar-refractivity contribution in [2.75, 3.05) is 26.4 Å². The lowest BCUT2D eigenvalue weighted by Gasteiger charge is -2.10. The predicted molar refractivity (Wildman–Crippen MR) is 114 cm³/mol. The maximum Gasteiger partial charge on any atom is 0.353 e. The summed E-state index contributed by atoms with van der Waals surface area (Å²) in [6.07, 6.45) is 4.27. The second kappa shape index (κ2) is 10.5. The summed E-state index contributed by atoms with van der Waals surface area (Å²) < 4.78 is 12.9. The average Bonchev–Trinajstić information content (AvgIpc) is 3.25. The van der Waals surface area contributed by atoms with Gasteiger partial charge in [0.25, 0.3) is 5.91 Å². The van der Waals surface area contributed by atoms with E-state index in [0.717, 1.165) is 41.9 Å². The first kappa shape index (κ1) is 22.2. The van der Waals surface area contributed by atoms with Crippen LogP contribution in [0.25, 0.3) is 0 Å². The van der Waals surface area contributed by atoms with Gasteiger partial charge in [-0.15, -0.1) is 0 Å². The van der Waals surface area contributed by atoms with Crippen LogP contribution in [0.15, 0.2) is 16.3 Å². The molecule has 1 N–H and O–H groups in total. The number of ether oxygens (including phenoxy) is 2. The molecule has 1 amide bonds. The molecule has 0 aliphatic carbocycles. The first-order valence-corrected chi connectivity index (χ1v) is 10.9. The predicted octanol–water partition coefficient (Wildman–Crippen LogP) is 2.60. The summed E-state index contributed by atoms with van der Waals surface area (Å²) in [7, 11) is 0. The third-order valence-corrected chi connectivity index (χ3v) is 5.48. The van der Waals surface area contributed by atoms with Crippen LogP contribution in [-0.4, -0.2) is 53.7 Å². The molecule has 30 heavy (non-hydrogen) atoms. The lowest BCUT2D eigenvalue weighted by Crippen LogP contribution is -2.26. The standard InChI is InChI=1S/C22H32N4O4/c1-4-17-20-19(8-5-11-29-12-6-9-23-21(20)27)26(25-17)10-7-13-30-22(28)18-14-15(2)16(3)24-18/h4-14H2,1-3H3,(H,23,27). The first-order chi connectivity index (χ1) is 14.5. The van der Waals surface area contributed by atoms with Crippen molar-refractivity contribution >= 4 is 17.6 Å². The summed E-state index contributed by atoms with van der Waals surface area (Å²) >= 11 is 0. The largest absolute Gasteiger partial charge is 0.461 e. The molecule has 8 nitrogen and oxygen atoms in total. The Morgan fingerprint density at radius 3 is 2.80 bits per heavy atom. The van der Waals surface area contributed by atoms with Gasteiger partial charge in [0, 0.05) is 44.8 Å². The monoisotopic (exact) mass is 416 g/mol. The number of carbonyl (C=O) groups is 2. The number of esters is 1. The number of amides is 1. The second-order valence-corrected chi connectivity index (χ2v) is 7.76. The number of allylic oxidation sites excluding steroid dienone is 2. The van der Waals surface area contributed by atoms with Gasteiger partial charge in [-0.1, -0.05) is 6.92 Å². The number of aromatic nitrogens is 2. The molecule has 1 aromatic rings. The van der Waals surface area contributed by atoms with Gasteiger partial charge in [0.05, 0.1) is 23.6 Å². The van der Waals surface area contributed by atoms with E-state index in [1.165, 1.54) is 0 Å². The van der Waals surface area contributed by atoms with Crippen LogP contribution >= 0.6 is 0 Å². The fourth-order valence-electron chi connectivity index (χ4n) is 3.71. The number of hydrogen-bond acceptors (Lipinski definition) is 6. The molecule has 3 rings (SSSR count). The minimum atomic E-state index is -0.350. The van der Waals surface area contributed by atoms with Crippen LogP contribution in [0.5, 0.6) is 0 Å². The van der Waals surface area contributed by atoms with Crippen molar-refractivity contribution in [2.45, 2.75) is 65.8 Å². The molecule has 0 spiro atoms. The molecule has 0 atom stereocenters. The van der Waals surface area contributed by atoms with Crippen molar-refractivity contribution in [2.24, 2.45) is 4.99 Å². The van der Waals surface area contributed by atoms with Crippen LogP contribution in [0.1, 0.15) is 68.2 Å². The van der Waals surface area contributed by atoms with Gasteiger partial charge in [0.1, 0.15) is 5.71 Å². The third kappa shape index (κ3) is 5.36. The minimum Gasteiger partial charge on any atom is -0.461 e. The van der Waals surface area contributed by atoms with Crippen LogP contribution < -0.4 is 5.32 Å². The highest BCUT2D eigenvalue weighted by atomic mass is 16.5. The number of nitrogens with zero attached hydrogens (tertiary/aromatic N) is 3. The SMILES string of the molecule is CCc1nn(CCCOC(=O)C2=NC(C)=C(C)C2)c2c1C(=O)NCCCOCCC2. The smallest absolute Gasteiger partial charge is 0.353 e. The second-order valence-electron chi connectivity index (χ2n) is 7.76. The Morgan fingerprint density at radius 1 is 1.27 bits per heavy atom. The van der Waals surface area contributed by atoms with Gasteiger partial charge in [-0.25, -0.2) is 4.79 Å². The van der Waals surface area contributed by atoms with E-state index in [1.54, 1.807) is 0 Å². The van der Waals surface area contributed by atoms with Crippen molar-refractivity contribution in [3.8, 4) is 0 Å². The Hall–Kier alpha value is -2.48. The zero-order chi connectivity index (χ0) is 21.5. The highest BCUT2D eigenvalue weighted by Gasteiger charge is 2.23. The minimum absolute atomic E-state index is 0.0566. The molecular weight excluding hydrogens is 384 g/mol. The zero-order valence-electron chi connectivity index (χ0n) is 18.3. The molecule has 0 aromatic carbocycles. The van der Waals surface area contributed by atoms with E-state index in [2.05, 4.69) is 15.4 Å². The topological polar surface area (TPSA) is 94.8 Å². The molecule has 3 heterocycles. The number of fused-ring (bicyclic) bond motifs is 1. The van der Waals surface area contributed by atoms with E-state index in [-0.39, 0.29) is 11.9 Å². The Labute approximate surface area is 177 Å². The van der Waals surface area contributed by atoms with E-state index >= 15 is 0 Å². The Balaban J connectivity index is 1.62. The molecule has 0 saturated heterocycles. The molecule has 0 saturated carbocycles. The van der Waals surface area contributed by atoms with Crippen molar-refractivity contribution in [3.05, 3.63) is 28.2 Å². The first-order valence-electron chi connectivity index (χ1n) is 10.9. The summed E-state index contributed by atoms with van der Waals surface area (Å²) in [6.45, 7) is 8.70. The summed E-state index contributed by atoms with van der Waals surface area (Å²) in [4.78, 5) is 29.2. The zero-order valence-corrected chi connectivity index (χ0v) is 18.3. The molecule has 1 aromatic heterocycles. The Morgan fingerprint density at radius 2 is 2.07 bits per heavy atom. The number of aliphatic imine (C=N–C) groups is 1. The van der Waals surface area contributed by atoms with Gasteiger partial charge in [0.15, 0.2) is 0 Å². The molecule has 0 bridgehead atoms. The van der Waals surface area contributed by atoms with Crippen LogP contribution in [0, 0.1) is 0 Å². The average molecular weight is 417 g/mol. The fraction of sp³-hybridized carbons (Fsp3) is 0.636. The van der Waals surface area contributed by atoms with Gasteiger partial charge in [-0.05, 0) is 45.1 Å². The maximum absolute atomic E-state index is 12.8. The number of nitrogens with one attached hydrogen (secondary N) is 1. The van der Waals surface area contributed by atoms with E-state index in [9.17, 15) is 9.59 Å². The van der Waals surface area contributed by atoms with Gasteiger partial charge in [-0.3, -0.25) is 14.5 Å². The maximum atomic E-state index is 12.8. The number of aryl methyl sites for hydroxylation is 2. The Bertz CT molecular complexity index is 854. The quantitative estimate of drug-likeness (QED) is 0.568. The molecule has 164 valence electrons. The van der Waals surface area contributed by atoms with Crippen LogP contribution in [0.2, 0.25) is 0 Å². The lowest BCUT2D eigenvalue weighted by atomic mass is 10.1. The normalized spacial score (nSPS) is 17.8. The van der Waals surface area contributed by atoms with Crippen LogP contribution in [0.4, 0.5) is 0 Å². The van der Waals surface area contributed by atoms with Crippen LogP contribution in [0.3, 0.4) is 0 Å². The summed E-state index contributed by atoms with van der Waals surface area (Å²) in [5, 5.41) is 7.67. The van der Waals surface area contributed by atoms with Gasteiger partial charge in [-0.2, -0.15) is 5.10 Å². The van der Waals surface area contributed by atoms with Crippen molar-refractivity contribution < 1.29 is 19.1 Å². The molecule has 0 unspecified atom stereocenters. The molecule has 0 radical (unpaired) electrons. The van der Waals surface area contributed by atoms with Gasteiger partial charge >= 0.3 is 5.97 Å². The fourth-order valence-corrected chi connectivity index (χ4v) is 3.71. The van der Waals surface area contributed by atoms with E-state index in [1.807, 2.05) is 25.5 Å².